The van der Waals surface area contributed by atoms with Gasteiger partial charge in [0.1, 0.15) is 5.82 Å². The molecule has 1 aromatic carbocycles. The molecular weight excluding hydrogens is 237 g/mol. The number of nitrogens with one attached hydrogen (secondary N) is 1. The van der Waals surface area contributed by atoms with Crippen molar-refractivity contribution in [2.75, 3.05) is 6.54 Å². The van der Waals surface area contributed by atoms with E-state index in [-0.39, 0.29) is 5.82 Å². The minimum absolute atomic E-state index is 0.266. The van der Waals surface area contributed by atoms with Gasteiger partial charge in [-0.05, 0) is 49.9 Å². The van der Waals surface area contributed by atoms with Crippen LogP contribution >= 0.6 is 11.6 Å². The van der Waals surface area contributed by atoms with Gasteiger partial charge in [-0.2, -0.15) is 0 Å². The van der Waals surface area contributed by atoms with Crippen LogP contribution in [0.25, 0.3) is 0 Å². The molecule has 3 heteroatoms. The zero-order valence-electron chi connectivity index (χ0n) is 10.6. The van der Waals surface area contributed by atoms with Crippen LogP contribution in [0, 0.1) is 5.82 Å². The Hall–Kier alpha value is -0.600. The van der Waals surface area contributed by atoms with Crippen molar-refractivity contribution in [3.05, 3.63) is 34.6 Å². The first-order valence-corrected chi connectivity index (χ1v) is 6.72. The summed E-state index contributed by atoms with van der Waals surface area (Å²) >= 11 is 5.98. The molecule has 17 heavy (non-hydrogen) atoms. The molecule has 1 aromatic rings. The molecule has 0 saturated carbocycles. The van der Waals surface area contributed by atoms with Gasteiger partial charge in [0.15, 0.2) is 0 Å². The van der Waals surface area contributed by atoms with Crippen LogP contribution in [0.5, 0.6) is 0 Å². The molecule has 0 bridgehead atoms. The lowest BCUT2D eigenvalue weighted by molar-refractivity contribution is 0.467. The summed E-state index contributed by atoms with van der Waals surface area (Å²) in [5.74, 6) is -0.266. The molecule has 0 saturated heterocycles. The SMILES string of the molecule is CCNC(CC)CCCc1ccc(F)cc1Cl. The molecule has 96 valence electrons. The van der Waals surface area contributed by atoms with E-state index in [1.54, 1.807) is 6.07 Å². The third-order valence-electron chi connectivity index (χ3n) is 3.00. The molecule has 1 rings (SSSR count). The summed E-state index contributed by atoms with van der Waals surface area (Å²) in [5.41, 5.74) is 1.04. The third kappa shape index (κ3) is 5.05. The zero-order valence-corrected chi connectivity index (χ0v) is 11.4. The van der Waals surface area contributed by atoms with Crippen molar-refractivity contribution >= 4 is 11.6 Å². The van der Waals surface area contributed by atoms with Crippen molar-refractivity contribution in [1.29, 1.82) is 0 Å². The first-order valence-electron chi connectivity index (χ1n) is 6.34. The quantitative estimate of drug-likeness (QED) is 0.772. The van der Waals surface area contributed by atoms with Gasteiger partial charge in [-0.25, -0.2) is 4.39 Å². The number of rotatable bonds is 7. The van der Waals surface area contributed by atoms with Gasteiger partial charge in [0.05, 0.1) is 0 Å². The fourth-order valence-electron chi connectivity index (χ4n) is 2.00. The summed E-state index contributed by atoms with van der Waals surface area (Å²) in [4.78, 5) is 0. The summed E-state index contributed by atoms with van der Waals surface area (Å²) in [6, 6.07) is 5.23. The monoisotopic (exact) mass is 257 g/mol. The van der Waals surface area contributed by atoms with E-state index in [2.05, 4.69) is 19.2 Å². The van der Waals surface area contributed by atoms with Gasteiger partial charge in [0.25, 0.3) is 0 Å². The van der Waals surface area contributed by atoms with Crippen molar-refractivity contribution in [2.45, 2.75) is 45.6 Å². The number of hydrogen-bond donors (Lipinski definition) is 1. The average Bonchev–Trinajstić information content (AvgIpc) is 2.30. The molecule has 0 amide bonds. The van der Waals surface area contributed by atoms with Gasteiger partial charge in [0, 0.05) is 11.1 Å². The van der Waals surface area contributed by atoms with E-state index in [1.807, 2.05) is 0 Å². The normalized spacial score (nSPS) is 12.7. The Labute approximate surface area is 108 Å². The molecule has 1 N–H and O–H groups in total. The van der Waals surface area contributed by atoms with Gasteiger partial charge in [-0.3, -0.25) is 0 Å². The lowest BCUT2D eigenvalue weighted by atomic mass is 10.0. The van der Waals surface area contributed by atoms with Crippen LogP contribution in [0.4, 0.5) is 4.39 Å². The first kappa shape index (κ1) is 14.5. The minimum atomic E-state index is -0.266. The molecule has 0 heterocycles. The molecule has 0 aliphatic rings. The molecule has 0 spiro atoms. The van der Waals surface area contributed by atoms with Crippen molar-refractivity contribution < 1.29 is 4.39 Å². The third-order valence-corrected chi connectivity index (χ3v) is 3.35. The Morgan fingerprint density at radius 3 is 2.71 bits per heavy atom. The maximum Gasteiger partial charge on any atom is 0.124 e. The highest BCUT2D eigenvalue weighted by Gasteiger charge is 2.06. The summed E-state index contributed by atoms with van der Waals surface area (Å²) in [5, 5.41) is 3.99. The Bertz CT molecular complexity index is 341. The van der Waals surface area contributed by atoms with E-state index in [1.165, 1.54) is 12.1 Å². The highest BCUT2D eigenvalue weighted by atomic mass is 35.5. The van der Waals surface area contributed by atoms with E-state index in [4.69, 9.17) is 11.6 Å². The van der Waals surface area contributed by atoms with Gasteiger partial charge < -0.3 is 5.32 Å². The maximum atomic E-state index is 12.9. The van der Waals surface area contributed by atoms with Crippen LogP contribution in [0.15, 0.2) is 18.2 Å². The molecule has 1 nitrogen and oxygen atoms in total. The Kier molecular flexibility index (Phi) is 6.53. The van der Waals surface area contributed by atoms with Gasteiger partial charge in [0.2, 0.25) is 0 Å². The van der Waals surface area contributed by atoms with E-state index in [9.17, 15) is 4.39 Å². The van der Waals surface area contributed by atoms with Crippen molar-refractivity contribution in [2.24, 2.45) is 0 Å². The standard InChI is InChI=1S/C14H21ClFN/c1-3-13(17-4-2)7-5-6-11-8-9-12(16)10-14(11)15/h8-10,13,17H,3-7H2,1-2H3. The number of benzene rings is 1. The largest absolute Gasteiger partial charge is 0.314 e. The van der Waals surface area contributed by atoms with E-state index < -0.39 is 0 Å². The predicted molar refractivity (Wildman–Crippen MR) is 72.1 cm³/mol. The van der Waals surface area contributed by atoms with Crippen LogP contribution in [0.3, 0.4) is 0 Å². The minimum Gasteiger partial charge on any atom is -0.314 e. The lowest BCUT2D eigenvalue weighted by Gasteiger charge is -2.15. The first-order chi connectivity index (χ1) is 8.17. The van der Waals surface area contributed by atoms with Crippen molar-refractivity contribution in [1.82, 2.24) is 5.32 Å². The van der Waals surface area contributed by atoms with Crippen LogP contribution in [-0.4, -0.2) is 12.6 Å². The van der Waals surface area contributed by atoms with E-state index in [0.717, 1.165) is 37.8 Å². The fourth-order valence-corrected chi connectivity index (χ4v) is 2.26. The molecule has 1 atom stereocenters. The summed E-state index contributed by atoms with van der Waals surface area (Å²) in [6.45, 7) is 5.33. The number of aryl methyl sites for hydroxylation is 1. The number of halogens is 2. The Morgan fingerprint density at radius 1 is 1.35 bits per heavy atom. The molecule has 0 aromatic heterocycles. The zero-order chi connectivity index (χ0) is 12.7. The maximum absolute atomic E-state index is 12.9. The number of hydrogen-bond acceptors (Lipinski definition) is 1. The Balaban J connectivity index is 2.39. The highest BCUT2D eigenvalue weighted by Crippen LogP contribution is 2.19. The second-order valence-electron chi connectivity index (χ2n) is 4.29. The summed E-state index contributed by atoms with van der Waals surface area (Å²) < 4.78 is 12.9. The van der Waals surface area contributed by atoms with Crippen LogP contribution in [0.1, 0.15) is 38.7 Å². The molecule has 0 radical (unpaired) electrons. The van der Waals surface area contributed by atoms with Gasteiger partial charge >= 0.3 is 0 Å². The van der Waals surface area contributed by atoms with Crippen LogP contribution in [-0.2, 0) is 6.42 Å². The Morgan fingerprint density at radius 2 is 2.12 bits per heavy atom. The molecule has 0 fully saturated rings. The van der Waals surface area contributed by atoms with E-state index >= 15 is 0 Å². The van der Waals surface area contributed by atoms with Crippen LogP contribution in [0.2, 0.25) is 5.02 Å². The topological polar surface area (TPSA) is 12.0 Å². The lowest BCUT2D eigenvalue weighted by Crippen LogP contribution is -2.28. The van der Waals surface area contributed by atoms with Crippen molar-refractivity contribution in [3.63, 3.8) is 0 Å². The average molecular weight is 258 g/mol. The second-order valence-corrected chi connectivity index (χ2v) is 4.70. The molecule has 1 unspecified atom stereocenters. The highest BCUT2D eigenvalue weighted by molar-refractivity contribution is 6.31. The van der Waals surface area contributed by atoms with Gasteiger partial charge in [-0.15, -0.1) is 0 Å². The smallest absolute Gasteiger partial charge is 0.124 e. The summed E-state index contributed by atoms with van der Waals surface area (Å²) in [6.07, 6.45) is 4.28. The van der Waals surface area contributed by atoms with Crippen molar-refractivity contribution in [3.8, 4) is 0 Å². The van der Waals surface area contributed by atoms with Crippen LogP contribution < -0.4 is 5.32 Å². The molecular formula is C14H21ClFN. The van der Waals surface area contributed by atoms with Gasteiger partial charge in [-0.1, -0.05) is 31.5 Å². The van der Waals surface area contributed by atoms with E-state index in [0.29, 0.717) is 11.1 Å². The summed E-state index contributed by atoms with van der Waals surface area (Å²) in [7, 11) is 0. The molecule has 0 aliphatic heterocycles. The fraction of sp³-hybridized carbons (Fsp3) is 0.571. The second kappa shape index (κ2) is 7.67. The molecule has 0 aliphatic carbocycles. The predicted octanol–water partition coefficient (Wildman–Crippen LogP) is 4.19.